The number of rotatable bonds is 2. The van der Waals surface area contributed by atoms with E-state index in [0.29, 0.717) is 12.0 Å². The molecule has 0 atom stereocenters. The van der Waals surface area contributed by atoms with Crippen molar-refractivity contribution in [1.82, 2.24) is 9.97 Å². The molecule has 1 aromatic rings. The number of hydrogen-bond acceptors (Lipinski definition) is 2. The fourth-order valence-electron chi connectivity index (χ4n) is 5.33. The number of nitrogens with two attached hydrogens (primary N) is 1. The summed E-state index contributed by atoms with van der Waals surface area (Å²) in [6, 6.07) is 0. The van der Waals surface area contributed by atoms with Crippen molar-refractivity contribution in [2.24, 2.45) is 23.5 Å². The molecule has 0 aromatic carbocycles. The lowest BCUT2D eigenvalue weighted by atomic mass is 9.48. The van der Waals surface area contributed by atoms with Crippen LogP contribution in [-0.4, -0.2) is 9.97 Å². The van der Waals surface area contributed by atoms with Crippen LogP contribution in [0.25, 0.3) is 0 Å². The van der Waals surface area contributed by atoms with Gasteiger partial charge in [-0.2, -0.15) is 0 Å². The molecule has 4 aliphatic rings. The summed E-state index contributed by atoms with van der Waals surface area (Å²) in [7, 11) is 0. The number of aromatic nitrogens is 2. The summed E-state index contributed by atoms with van der Waals surface area (Å²) in [5.74, 6) is 2.93. The molecule has 3 nitrogen and oxygen atoms in total. The summed E-state index contributed by atoms with van der Waals surface area (Å²) < 4.78 is 0. The number of H-pyrrole nitrogens is 1. The van der Waals surface area contributed by atoms with Gasteiger partial charge in [-0.1, -0.05) is 0 Å². The zero-order valence-corrected chi connectivity index (χ0v) is 10.3. The summed E-state index contributed by atoms with van der Waals surface area (Å²) in [5.41, 5.74) is 8.74. The van der Waals surface area contributed by atoms with E-state index in [1.165, 1.54) is 49.9 Å². The Morgan fingerprint density at radius 3 is 2.29 bits per heavy atom. The van der Waals surface area contributed by atoms with Crippen LogP contribution in [0, 0.1) is 17.8 Å². The molecule has 4 saturated carbocycles. The second kappa shape index (κ2) is 3.35. The largest absolute Gasteiger partial charge is 0.347 e. The monoisotopic (exact) mass is 231 g/mol. The van der Waals surface area contributed by atoms with Crippen LogP contribution >= 0.6 is 0 Å². The molecule has 17 heavy (non-hydrogen) atoms. The molecule has 5 rings (SSSR count). The maximum absolute atomic E-state index is 5.84. The number of imidazole rings is 1. The quantitative estimate of drug-likeness (QED) is 0.820. The van der Waals surface area contributed by atoms with Crippen molar-refractivity contribution >= 4 is 0 Å². The van der Waals surface area contributed by atoms with E-state index in [0.717, 1.165) is 17.8 Å². The molecule has 4 fully saturated rings. The minimum atomic E-state index is 0.392. The van der Waals surface area contributed by atoms with Gasteiger partial charge in [0, 0.05) is 12.0 Å². The lowest BCUT2D eigenvalue weighted by molar-refractivity contribution is -0.00743. The molecule has 1 aromatic heterocycles. The summed E-state index contributed by atoms with van der Waals surface area (Å²) in [6.07, 6.45) is 10.4. The first-order chi connectivity index (χ1) is 8.29. The van der Waals surface area contributed by atoms with Gasteiger partial charge in [0.05, 0.1) is 17.7 Å². The minimum Gasteiger partial charge on any atom is -0.347 e. The molecule has 0 amide bonds. The fraction of sp³-hybridized carbons (Fsp3) is 0.786. The van der Waals surface area contributed by atoms with Crippen LogP contribution in [0.2, 0.25) is 0 Å². The Labute approximate surface area is 102 Å². The average Bonchev–Trinajstić information content (AvgIpc) is 2.75. The predicted molar refractivity (Wildman–Crippen MR) is 66.3 cm³/mol. The van der Waals surface area contributed by atoms with Gasteiger partial charge in [0.15, 0.2) is 0 Å². The molecule has 0 aliphatic heterocycles. The second-order valence-corrected chi connectivity index (χ2v) is 6.63. The molecule has 0 unspecified atom stereocenters. The molecule has 3 heteroatoms. The fourth-order valence-corrected chi connectivity index (χ4v) is 5.33. The van der Waals surface area contributed by atoms with Gasteiger partial charge in [0.1, 0.15) is 0 Å². The van der Waals surface area contributed by atoms with E-state index < -0.39 is 0 Å². The van der Waals surface area contributed by atoms with E-state index in [1.54, 1.807) is 0 Å². The van der Waals surface area contributed by atoms with Gasteiger partial charge in [-0.15, -0.1) is 0 Å². The standard InChI is InChI=1S/C14H21N3/c15-7-12-13(17-8-16-12)14-4-9-1-10(5-14)3-11(2-9)6-14/h8-11H,1-7,15H2,(H,16,17). The predicted octanol–water partition coefficient (Wildman–Crippen LogP) is 2.34. The van der Waals surface area contributed by atoms with E-state index in [-0.39, 0.29) is 0 Å². The third-order valence-electron chi connectivity index (χ3n) is 5.46. The Kier molecular flexibility index (Phi) is 1.99. The van der Waals surface area contributed by atoms with Crippen molar-refractivity contribution < 1.29 is 0 Å². The van der Waals surface area contributed by atoms with E-state index in [4.69, 9.17) is 5.73 Å². The van der Waals surface area contributed by atoms with Crippen LogP contribution in [0.4, 0.5) is 0 Å². The van der Waals surface area contributed by atoms with Crippen LogP contribution < -0.4 is 5.73 Å². The Balaban J connectivity index is 1.77. The van der Waals surface area contributed by atoms with Crippen molar-refractivity contribution in [2.45, 2.75) is 50.5 Å². The third-order valence-corrected chi connectivity index (χ3v) is 5.46. The highest BCUT2D eigenvalue weighted by molar-refractivity contribution is 5.27. The Bertz CT molecular complexity index is 399. The first-order valence-corrected chi connectivity index (χ1v) is 7.02. The van der Waals surface area contributed by atoms with Crippen molar-refractivity contribution in [2.75, 3.05) is 0 Å². The Hall–Kier alpha value is -0.830. The molecule has 0 spiro atoms. The maximum atomic E-state index is 5.84. The summed E-state index contributed by atoms with van der Waals surface area (Å²) >= 11 is 0. The van der Waals surface area contributed by atoms with E-state index in [2.05, 4.69) is 9.97 Å². The molecule has 0 radical (unpaired) electrons. The van der Waals surface area contributed by atoms with Crippen LogP contribution in [-0.2, 0) is 12.0 Å². The smallest absolute Gasteiger partial charge is 0.0925 e. The van der Waals surface area contributed by atoms with Crippen molar-refractivity contribution in [1.29, 1.82) is 0 Å². The van der Waals surface area contributed by atoms with Gasteiger partial charge in [-0.3, -0.25) is 0 Å². The minimum absolute atomic E-state index is 0.392. The summed E-state index contributed by atoms with van der Waals surface area (Å²) in [4.78, 5) is 7.89. The Morgan fingerprint density at radius 2 is 1.76 bits per heavy atom. The van der Waals surface area contributed by atoms with Gasteiger partial charge >= 0.3 is 0 Å². The van der Waals surface area contributed by atoms with Crippen LogP contribution in [0.15, 0.2) is 6.33 Å². The highest BCUT2D eigenvalue weighted by Gasteiger charge is 2.53. The maximum Gasteiger partial charge on any atom is 0.0925 e. The topological polar surface area (TPSA) is 54.7 Å². The zero-order valence-electron chi connectivity index (χ0n) is 10.3. The van der Waals surface area contributed by atoms with Crippen molar-refractivity contribution in [3.8, 4) is 0 Å². The molecule has 3 N–H and O–H groups in total. The van der Waals surface area contributed by atoms with Crippen molar-refractivity contribution in [3.05, 3.63) is 17.7 Å². The van der Waals surface area contributed by atoms with Gasteiger partial charge in [-0.05, 0) is 56.3 Å². The molecule has 4 bridgehead atoms. The SMILES string of the molecule is NCc1[nH]cnc1C12CC3CC(CC(C3)C1)C2. The lowest BCUT2D eigenvalue weighted by Crippen LogP contribution is -2.49. The molecule has 1 heterocycles. The second-order valence-electron chi connectivity index (χ2n) is 6.63. The molecular weight excluding hydrogens is 210 g/mol. The first kappa shape index (κ1) is 10.1. The molecule has 0 saturated heterocycles. The van der Waals surface area contributed by atoms with Crippen LogP contribution in [0.3, 0.4) is 0 Å². The van der Waals surface area contributed by atoms with Crippen molar-refractivity contribution in [3.63, 3.8) is 0 Å². The zero-order chi connectivity index (χ0) is 11.5. The van der Waals surface area contributed by atoms with Gasteiger partial charge in [0.2, 0.25) is 0 Å². The van der Waals surface area contributed by atoms with Gasteiger partial charge in [0.25, 0.3) is 0 Å². The summed E-state index contributed by atoms with van der Waals surface area (Å²) in [5, 5.41) is 0. The van der Waals surface area contributed by atoms with E-state index in [1.807, 2.05) is 6.33 Å². The normalized spacial score (nSPS) is 43.2. The van der Waals surface area contributed by atoms with E-state index in [9.17, 15) is 0 Å². The third kappa shape index (κ3) is 1.35. The lowest BCUT2D eigenvalue weighted by Gasteiger charge is -2.56. The van der Waals surface area contributed by atoms with E-state index >= 15 is 0 Å². The molecular formula is C14H21N3. The number of aromatic amines is 1. The molecule has 92 valence electrons. The first-order valence-electron chi connectivity index (χ1n) is 7.02. The highest BCUT2D eigenvalue weighted by Crippen LogP contribution is 2.60. The average molecular weight is 231 g/mol. The number of hydrogen-bond donors (Lipinski definition) is 2. The molecule has 4 aliphatic carbocycles. The highest BCUT2D eigenvalue weighted by atomic mass is 14.9. The summed E-state index contributed by atoms with van der Waals surface area (Å²) in [6.45, 7) is 0.608. The number of nitrogens with one attached hydrogen (secondary N) is 1. The number of nitrogens with zero attached hydrogens (tertiary/aromatic N) is 1. The van der Waals surface area contributed by atoms with Gasteiger partial charge in [-0.25, -0.2) is 4.98 Å². The van der Waals surface area contributed by atoms with Gasteiger partial charge < -0.3 is 10.7 Å². The Morgan fingerprint density at radius 1 is 1.18 bits per heavy atom. The van der Waals surface area contributed by atoms with Crippen LogP contribution in [0.1, 0.15) is 49.9 Å². The van der Waals surface area contributed by atoms with Crippen LogP contribution in [0.5, 0.6) is 0 Å².